The number of unbranched alkanes of at least 4 members (excludes halogenated alkanes) is 3. The Balaban J connectivity index is 7.23. The summed E-state index contributed by atoms with van der Waals surface area (Å²) in [7, 11) is 0. The van der Waals surface area contributed by atoms with Crippen LogP contribution in [0.1, 0.15) is 129 Å². The highest BCUT2D eigenvalue weighted by Gasteiger charge is 2.35. The number of nitrogens with one attached hydrogen (secondary N) is 9. The molecule has 91 heavy (non-hydrogen) atoms. The summed E-state index contributed by atoms with van der Waals surface area (Å²) in [6, 6.07) is -12.6. The van der Waals surface area contributed by atoms with Crippen LogP contribution in [0.4, 0.5) is 0 Å². The van der Waals surface area contributed by atoms with Crippen molar-refractivity contribution < 1.29 is 63.0 Å². The maximum Gasteiger partial charge on any atom is 0.326 e. The molecular weight excluding hydrogens is 1190 g/mol. The zero-order valence-corrected chi connectivity index (χ0v) is 52.3. The topological polar surface area (TPSA) is 698 Å². The number of hydrogen-bond acceptors (Lipinski definition) is 19. The summed E-state index contributed by atoms with van der Waals surface area (Å²) >= 11 is 0. The van der Waals surface area contributed by atoms with Gasteiger partial charge in [0.1, 0.15) is 48.3 Å². The normalized spacial score (nSPS) is 13.8. The minimum atomic E-state index is -1.78. The average Bonchev–Trinajstić information content (AvgIpc) is 1.84. The predicted molar refractivity (Wildman–Crippen MR) is 340 cm³/mol. The van der Waals surface area contributed by atoms with E-state index < -0.39 is 138 Å². The number of carboxylic acids is 2. The summed E-state index contributed by atoms with van der Waals surface area (Å²) in [5.74, 6) is -12.8. The molecule has 0 aliphatic heterocycles. The van der Waals surface area contributed by atoms with Gasteiger partial charge in [-0.15, -0.1) is 0 Å². The predicted octanol–water partition coefficient (Wildman–Crippen LogP) is -8.87. The fraction of sp³-hybridized carbons (Fsp3) is 0.717. The number of carbonyl (C=O) groups is 11. The lowest BCUT2D eigenvalue weighted by Crippen LogP contribution is -2.60. The highest BCUT2D eigenvalue weighted by molar-refractivity contribution is 5.98. The maximum atomic E-state index is 14.6. The Bertz CT molecular complexity index is 2430. The van der Waals surface area contributed by atoms with Crippen LogP contribution in [0, 0.1) is 5.92 Å². The van der Waals surface area contributed by atoms with Crippen LogP contribution >= 0.6 is 0 Å². The van der Waals surface area contributed by atoms with Crippen molar-refractivity contribution in [3.05, 3.63) is 0 Å². The third-order valence-corrected chi connectivity index (χ3v) is 13.5. The molecule has 0 unspecified atom stereocenters. The Labute approximate surface area is 529 Å². The van der Waals surface area contributed by atoms with Gasteiger partial charge >= 0.3 is 11.9 Å². The van der Waals surface area contributed by atoms with Gasteiger partial charge in [-0.1, -0.05) is 20.3 Å². The Morgan fingerprint density at radius 1 is 0.363 bits per heavy atom. The number of carboxylic acid groups (broad SMARTS) is 2. The van der Waals surface area contributed by atoms with E-state index in [2.05, 4.69) is 67.8 Å². The first-order valence-electron chi connectivity index (χ1n) is 30.2. The van der Waals surface area contributed by atoms with Gasteiger partial charge in [-0.05, 0) is 128 Å². The minimum absolute atomic E-state index is 0.00707. The van der Waals surface area contributed by atoms with Gasteiger partial charge in [0.05, 0.1) is 19.0 Å². The molecule has 0 aliphatic rings. The van der Waals surface area contributed by atoms with Crippen LogP contribution in [0.25, 0.3) is 0 Å². The average molecular weight is 1300 g/mol. The van der Waals surface area contributed by atoms with Crippen molar-refractivity contribution in [3.8, 4) is 0 Å². The van der Waals surface area contributed by atoms with E-state index in [-0.39, 0.29) is 140 Å². The number of hydrogen-bond donors (Lipinski definition) is 23. The number of guanidine groups is 4. The number of carbonyl (C=O) groups excluding carboxylic acids is 9. The van der Waals surface area contributed by atoms with Gasteiger partial charge in [0, 0.05) is 26.2 Å². The Morgan fingerprint density at radius 3 is 0.934 bits per heavy atom. The second-order valence-corrected chi connectivity index (χ2v) is 21.6. The summed E-state index contributed by atoms with van der Waals surface area (Å²) in [4.78, 5) is 164. The van der Waals surface area contributed by atoms with Gasteiger partial charge in [0.15, 0.2) is 23.8 Å². The number of aliphatic carboxylic acids is 2. The Kier molecular flexibility index (Phi) is 42.5. The summed E-state index contributed by atoms with van der Waals surface area (Å²) < 4.78 is 0. The molecule has 35 N–H and O–H groups in total. The van der Waals surface area contributed by atoms with Crippen LogP contribution in [0.5, 0.6) is 0 Å². The van der Waals surface area contributed by atoms with E-state index in [1.54, 1.807) is 0 Å². The molecule has 0 aromatic heterocycles. The monoisotopic (exact) mass is 1300 g/mol. The van der Waals surface area contributed by atoms with E-state index in [9.17, 15) is 63.0 Å². The molecular formula is C53H103N25O13. The second kappa shape index (κ2) is 47.1. The standard InChI is InChI=1S/C53H103N25O13/c1-29(2)40(49(90)91)78-48(89)37(27-39(80)81)71-38(79)28-70-42(83)31(16-9-23-66-50(58)59)73-46(87)35(18-11-25-68-52(62)63)76-44(85)33(15-5-8-22-56)75-47(88)36(19-12-26-69-53(64)65)77-43(84)32(14-4-7-21-55)74-45(86)34(17-10-24-67-51(60)61)72-41(82)30(57)13-3-6-20-54/h29-37,40H,3-28,54-57H2,1-2H3,(H,70,83)(H,71,79)(H,72,82)(H,73,87)(H,74,86)(H,75,88)(H,76,85)(H,77,84)(H,78,89)(H,80,81)(H,90,91)(H4,58,59,66)(H4,60,61,67)(H4,62,63,68)(H4,64,65,69)/t30-,31-,32-,33-,34-,35-,36-,37-,40-/m0/s1. The SMILES string of the molecule is CC(C)[C@H](NC(=O)[C@H](CC(=O)O)NC(=O)CNC(=O)[C@H](CCCN=C(N)N)NC(=O)[C@H](CCCN=C(N)N)NC(=O)[C@H](CCCCN)NC(=O)[C@H](CCCN=C(N)N)NC(=O)[C@H](CCCCN)NC(=O)[C@H](CCCN=C(N)N)NC(=O)[C@@H](N)CCCCN)C(=O)O. The largest absolute Gasteiger partial charge is 0.481 e. The first-order valence-corrected chi connectivity index (χ1v) is 30.2. The summed E-state index contributed by atoms with van der Waals surface area (Å²) in [6.45, 7) is 2.90. The number of amides is 9. The lowest BCUT2D eigenvalue weighted by Gasteiger charge is -2.28. The molecule has 0 saturated heterocycles. The van der Waals surface area contributed by atoms with Crippen molar-refractivity contribution in [3.63, 3.8) is 0 Å². The molecule has 9 atom stereocenters. The summed E-state index contributed by atoms with van der Waals surface area (Å²) in [5.41, 5.74) is 67.5. The number of nitrogens with two attached hydrogens (primary N) is 12. The minimum Gasteiger partial charge on any atom is -0.481 e. The van der Waals surface area contributed by atoms with Crippen LogP contribution < -0.4 is 117 Å². The van der Waals surface area contributed by atoms with E-state index in [1.807, 2.05) is 0 Å². The van der Waals surface area contributed by atoms with Crippen molar-refractivity contribution in [2.45, 2.75) is 184 Å². The number of aliphatic imine (C=N–C) groups is 4. The maximum absolute atomic E-state index is 14.6. The fourth-order valence-electron chi connectivity index (χ4n) is 8.58. The smallest absolute Gasteiger partial charge is 0.326 e. The lowest BCUT2D eigenvalue weighted by molar-refractivity contribution is -0.144. The first-order chi connectivity index (χ1) is 43.0. The number of rotatable bonds is 50. The van der Waals surface area contributed by atoms with Crippen LogP contribution in [0.15, 0.2) is 20.0 Å². The molecule has 9 amide bonds. The van der Waals surface area contributed by atoms with Crippen molar-refractivity contribution >= 4 is 88.9 Å². The van der Waals surface area contributed by atoms with E-state index in [1.165, 1.54) is 13.8 Å². The van der Waals surface area contributed by atoms with Crippen LogP contribution in [0.2, 0.25) is 0 Å². The molecule has 0 bridgehead atoms. The van der Waals surface area contributed by atoms with Gasteiger partial charge in [0.25, 0.3) is 0 Å². The molecule has 518 valence electrons. The van der Waals surface area contributed by atoms with Crippen molar-refractivity contribution in [2.24, 2.45) is 94.7 Å². The molecule has 38 heteroatoms. The van der Waals surface area contributed by atoms with Crippen LogP contribution in [0.3, 0.4) is 0 Å². The van der Waals surface area contributed by atoms with Gasteiger partial charge in [-0.25, -0.2) is 4.79 Å². The third kappa shape index (κ3) is 38.3. The van der Waals surface area contributed by atoms with Crippen molar-refractivity contribution in [1.29, 1.82) is 0 Å². The summed E-state index contributed by atoms with van der Waals surface area (Å²) in [6.07, 6.45) is 1.72. The quantitative estimate of drug-likeness (QED) is 0.0153. The van der Waals surface area contributed by atoms with Crippen molar-refractivity contribution in [2.75, 3.05) is 52.4 Å². The number of nitrogens with zero attached hydrogens (tertiary/aromatic N) is 4. The molecule has 0 aromatic rings. The first kappa shape index (κ1) is 82.1. The van der Waals surface area contributed by atoms with E-state index in [0.717, 1.165) is 0 Å². The molecule has 0 aliphatic carbocycles. The molecule has 0 radical (unpaired) electrons. The second-order valence-electron chi connectivity index (χ2n) is 21.6. The zero-order valence-electron chi connectivity index (χ0n) is 52.3. The van der Waals surface area contributed by atoms with E-state index in [4.69, 9.17) is 68.8 Å². The molecule has 38 nitrogen and oxygen atoms in total. The van der Waals surface area contributed by atoms with Crippen LogP contribution in [-0.2, 0) is 52.7 Å². The molecule has 0 saturated carbocycles. The van der Waals surface area contributed by atoms with Crippen molar-refractivity contribution in [1.82, 2.24) is 47.9 Å². The fourth-order valence-corrected chi connectivity index (χ4v) is 8.58. The molecule has 0 fully saturated rings. The third-order valence-electron chi connectivity index (χ3n) is 13.5. The summed E-state index contributed by atoms with van der Waals surface area (Å²) in [5, 5.41) is 41.6. The molecule has 0 aromatic carbocycles. The molecule has 0 spiro atoms. The molecule has 0 heterocycles. The highest BCUT2D eigenvalue weighted by Crippen LogP contribution is 2.12. The lowest BCUT2D eigenvalue weighted by atomic mass is 10.0. The zero-order chi connectivity index (χ0) is 69.0. The Morgan fingerprint density at radius 2 is 0.648 bits per heavy atom. The van der Waals surface area contributed by atoms with Gasteiger partial charge in [-0.2, -0.15) is 0 Å². The van der Waals surface area contributed by atoms with E-state index in [0.29, 0.717) is 38.6 Å². The van der Waals surface area contributed by atoms with Gasteiger partial charge in [0.2, 0.25) is 53.2 Å². The van der Waals surface area contributed by atoms with Gasteiger partial charge < -0.3 is 127 Å². The van der Waals surface area contributed by atoms with Crippen LogP contribution in [-0.4, -0.2) is 206 Å². The highest BCUT2D eigenvalue weighted by atomic mass is 16.4. The van der Waals surface area contributed by atoms with E-state index >= 15 is 0 Å². The Hall–Kier alpha value is -8.91. The van der Waals surface area contributed by atoms with Gasteiger partial charge in [-0.3, -0.25) is 67.9 Å². The molecule has 0 rings (SSSR count).